The van der Waals surface area contributed by atoms with Gasteiger partial charge in [-0.25, -0.2) is 5.43 Å². The lowest BCUT2D eigenvalue weighted by Gasteiger charge is -2.24. The van der Waals surface area contributed by atoms with Gasteiger partial charge in [-0.05, 0) is 24.0 Å². The van der Waals surface area contributed by atoms with E-state index in [1.807, 2.05) is 74.5 Å². The van der Waals surface area contributed by atoms with Crippen LogP contribution in [0.1, 0.15) is 57.1 Å². The van der Waals surface area contributed by atoms with Crippen molar-refractivity contribution in [3.8, 4) is 0 Å². The SMILES string of the molecule is CCCC(=NNC(=O)C(N)=O)C(CC)C(=O)CCC(=O)N(Cc1ccccc1)Cc1ccccc1. The third-order valence-electron chi connectivity index (χ3n) is 5.60. The van der Waals surface area contributed by atoms with Crippen molar-refractivity contribution in [3.63, 3.8) is 0 Å². The number of Topliss-reactive ketones (excluding diaryl/α,β-unsaturated/α-hetero) is 1. The van der Waals surface area contributed by atoms with Gasteiger partial charge in [-0.15, -0.1) is 0 Å². The van der Waals surface area contributed by atoms with Gasteiger partial charge in [-0.1, -0.05) is 80.9 Å². The summed E-state index contributed by atoms with van der Waals surface area (Å²) < 4.78 is 0. The number of hydrogen-bond acceptors (Lipinski definition) is 5. The van der Waals surface area contributed by atoms with E-state index in [-0.39, 0.29) is 24.5 Å². The van der Waals surface area contributed by atoms with Crippen LogP contribution in [-0.4, -0.2) is 34.1 Å². The highest BCUT2D eigenvalue weighted by Gasteiger charge is 2.24. The number of primary amides is 1. The normalized spacial score (nSPS) is 12.0. The third kappa shape index (κ3) is 9.16. The summed E-state index contributed by atoms with van der Waals surface area (Å²) in [7, 11) is 0. The summed E-state index contributed by atoms with van der Waals surface area (Å²) in [5.74, 6) is -2.97. The molecule has 0 aliphatic carbocycles. The van der Waals surface area contributed by atoms with Crippen LogP contribution in [0, 0.1) is 5.92 Å². The van der Waals surface area contributed by atoms with Crippen molar-refractivity contribution >= 4 is 29.2 Å². The average Bonchev–Trinajstić information content (AvgIpc) is 2.86. The lowest BCUT2D eigenvalue weighted by atomic mass is 9.90. The predicted molar refractivity (Wildman–Crippen MR) is 135 cm³/mol. The lowest BCUT2D eigenvalue weighted by molar-refractivity contribution is -0.137. The van der Waals surface area contributed by atoms with E-state index in [9.17, 15) is 19.2 Å². The molecule has 186 valence electrons. The Morgan fingerprint density at radius 3 is 1.86 bits per heavy atom. The number of nitrogens with two attached hydrogens (primary N) is 1. The van der Waals surface area contributed by atoms with E-state index in [0.717, 1.165) is 11.1 Å². The predicted octanol–water partition coefficient (Wildman–Crippen LogP) is 3.35. The molecule has 0 saturated heterocycles. The molecule has 0 aliphatic heterocycles. The van der Waals surface area contributed by atoms with Gasteiger partial charge in [-0.2, -0.15) is 5.10 Å². The van der Waals surface area contributed by atoms with Crippen LogP contribution in [-0.2, 0) is 32.3 Å². The zero-order valence-corrected chi connectivity index (χ0v) is 20.4. The van der Waals surface area contributed by atoms with E-state index >= 15 is 0 Å². The molecular weight excluding hydrogens is 444 g/mol. The van der Waals surface area contributed by atoms with Crippen LogP contribution in [0.2, 0.25) is 0 Å². The molecule has 1 unspecified atom stereocenters. The molecule has 0 bridgehead atoms. The van der Waals surface area contributed by atoms with Gasteiger partial charge in [0.1, 0.15) is 5.78 Å². The van der Waals surface area contributed by atoms with Crippen LogP contribution in [0.25, 0.3) is 0 Å². The molecule has 35 heavy (non-hydrogen) atoms. The Morgan fingerprint density at radius 2 is 1.40 bits per heavy atom. The summed E-state index contributed by atoms with van der Waals surface area (Å²) in [5.41, 5.74) is 9.58. The zero-order chi connectivity index (χ0) is 25.6. The minimum atomic E-state index is -1.15. The van der Waals surface area contributed by atoms with Crippen LogP contribution in [0.15, 0.2) is 65.8 Å². The molecule has 2 rings (SSSR count). The number of nitrogens with one attached hydrogen (secondary N) is 1. The minimum absolute atomic E-state index is 0.0594. The van der Waals surface area contributed by atoms with E-state index in [1.54, 1.807) is 4.90 Å². The van der Waals surface area contributed by atoms with Gasteiger partial charge in [0.25, 0.3) is 0 Å². The second-order valence-electron chi connectivity index (χ2n) is 8.31. The minimum Gasteiger partial charge on any atom is -0.361 e. The topological polar surface area (TPSA) is 122 Å². The number of rotatable bonds is 13. The average molecular weight is 479 g/mol. The largest absolute Gasteiger partial charge is 0.361 e. The number of carbonyl (C=O) groups excluding carboxylic acids is 4. The molecule has 0 heterocycles. The van der Waals surface area contributed by atoms with Crippen molar-refractivity contribution in [3.05, 3.63) is 71.8 Å². The number of carbonyl (C=O) groups is 4. The van der Waals surface area contributed by atoms with E-state index in [2.05, 4.69) is 10.5 Å². The first-order valence-electron chi connectivity index (χ1n) is 11.9. The fourth-order valence-electron chi connectivity index (χ4n) is 3.79. The molecule has 2 aromatic carbocycles. The van der Waals surface area contributed by atoms with E-state index < -0.39 is 17.7 Å². The molecule has 1 atom stereocenters. The van der Waals surface area contributed by atoms with Gasteiger partial charge in [0.15, 0.2) is 0 Å². The van der Waals surface area contributed by atoms with Crippen molar-refractivity contribution in [2.45, 2.75) is 59.0 Å². The van der Waals surface area contributed by atoms with Gasteiger partial charge < -0.3 is 10.6 Å². The number of hydrazone groups is 1. The Bertz CT molecular complexity index is 980. The Hall–Kier alpha value is -3.81. The number of amides is 3. The first-order chi connectivity index (χ1) is 16.8. The van der Waals surface area contributed by atoms with Gasteiger partial charge in [-0.3, -0.25) is 19.2 Å². The maximum Gasteiger partial charge on any atom is 0.329 e. The van der Waals surface area contributed by atoms with Crippen molar-refractivity contribution in [1.82, 2.24) is 10.3 Å². The van der Waals surface area contributed by atoms with Crippen molar-refractivity contribution in [2.24, 2.45) is 16.8 Å². The van der Waals surface area contributed by atoms with E-state index in [1.165, 1.54) is 0 Å². The molecule has 0 saturated carbocycles. The van der Waals surface area contributed by atoms with Crippen molar-refractivity contribution in [1.29, 1.82) is 0 Å². The standard InChI is InChI=1S/C27H34N4O4/c1-3-11-23(29-30-27(35)26(28)34)22(4-2)24(32)16-17-25(33)31(18-20-12-7-5-8-13-20)19-21-14-9-6-10-15-21/h5-10,12-15,22H,3-4,11,16-19H2,1-2H3,(H2,28,34)(H,30,35). The number of nitrogens with zero attached hydrogens (tertiary/aromatic N) is 2. The fourth-order valence-corrected chi connectivity index (χ4v) is 3.79. The maximum atomic E-state index is 13.2. The quantitative estimate of drug-likeness (QED) is 0.260. The van der Waals surface area contributed by atoms with Gasteiger partial charge in [0.05, 0.1) is 5.92 Å². The molecule has 3 N–H and O–H groups in total. The van der Waals surface area contributed by atoms with Crippen LogP contribution in [0.4, 0.5) is 0 Å². The Labute approximate surface area is 206 Å². The molecule has 0 aliphatic rings. The van der Waals surface area contributed by atoms with Crippen molar-refractivity contribution < 1.29 is 19.2 Å². The molecule has 3 amide bonds. The molecule has 0 radical (unpaired) electrons. The van der Waals surface area contributed by atoms with Crippen LogP contribution in [0.3, 0.4) is 0 Å². The molecule has 0 aromatic heterocycles. The highest BCUT2D eigenvalue weighted by molar-refractivity contribution is 6.34. The molecule has 8 nitrogen and oxygen atoms in total. The first kappa shape index (κ1) is 27.4. The Kier molecular flexibility index (Phi) is 11.3. The Morgan fingerprint density at radius 1 is 0.857 bits per heavy atom. The summed E-state index contributed by atoms with van der Waals surface area (Å²) in [6.45, 7) is 4.67. The lowest BCUT2D eigenvalue weighted by Crippen LogP contribution is -2.35. The number of benzene rings is 2. The maximum absolute atomic E-state index is 13.2. The summed E-state index contributed by atoms with van der Waals surface area (Å²) >= 11 is 0. The second-order valence-corrected chi connectivity index (χ2v) is 8.31. The van der Waals surface area contributed by atoms with Crippen LogP contribution >= 0.6 is 0 Å². The molecular formula is C27H34N4O4. The molecule has 8 heteroatoms. The van der Waals surface area contributed by atoms with Gasteiger partial charge in [0, 0.05) is 31.6 Å². The Balaban J connectivity index is 2.10. The smallest absolute Gasteiger partial charge is 0.329 e. The summed E-state index contributed by atoms with van der Waals surface area (Å²) in [4.78, 5) is 50.5. The second kappa shape index (κ2) is 14.5. The third-order valence-corrected chi connectivity index (χ3v) is 5.60. The van der Waals surface area contributed by atoms with Gasteiger partial charge in [0.2, 0.25) is 5.91 Å². The highest BCUT2D eigenvalue weighted by Crippen LogP contribution is 2.17. The zero-order valence-electron chi connectivity index (χ0n) is 20.4. The molecule has 0 spiro atoms. The van der Waals surface area contributed by atoms with Crippen molar-refractivity contribution in [2.75, 3.05) is 0 Å². The van der Waals surface area contributed by atoms with E-state index in [4.69, 9.17) is 5.73 Å². The number of ketones is 1. The number of hydrogen-bond donors (Lipinski definition) is 2. The molecule has 2 aromatic rings. The van der Waals surface area contributed by atoms with Gasteiger partial charge >= 0.3 is 11.8 Å². The van der Waals surface area contributed by atoms with Crippen LogP contribution < -0.4 is 11.2 Å². The monoisotopic (exact) mass is 478 g/mol. The summed E-state index contributed by atoms with van der Waals surface area (Å²) in [6, 6.07) is 19.5. The molecule has 0 fully saturated rings. The van der Waals surface area contributed by atoms with Crippen LogP contribution in [0.5, 0.6) is 0 Å². The first-order valence-corrected chi connectivity index (χ1v) is 11.9. The fraction of sp³-hybridized carbons (Fsp3) is 0.370. The highest BCUT2D eigenvalue weighted by atomic mass is 16.2. The summed E-state index contributed by atoms with van der Waals surface area (Å²) in [6.07, 6.45) is 1.78. The summed E-state index contributed by atoms with van der Waals surface area (Å²) in [5, 5.41) is 4.00. The van der Waals surface area contributed by atoms with E-state index in [0.29, 0.717) is 38.1 Å².